The Hall–Kier alpha value is -4.86. The number of carbonyl (C=O) groups excluding carboxylic acids is 3. The van der Waals surface area contributed by atoms with Crippen molar-refractivity contribution in [3.05, 3.63) is 95.1 Å². The number of amides is 4. The molecule has 0 bridgehead atoms. The van der Waals surface area contributed by atoms with Crippen LogP contribution in [0.25, 0.3) is 0 Å². The smallest absolute Gasteiger partial charge is 0.335 e. The number of rotatable bonds is 8. The van der Waals surface area contributed by atoms with Crippen molar-refractivity contribution in [2.24, 2.45) is 5.73 Å². The molecule has 5 rings (SSSR count). The van der Waals surface area contributed by atoms with Crippen molar-refractivity contribution in [2.75, 3.05) is 19.6 Å². The van der Waals surface area contributed by atoms with Crippen molar-refractivity contribution in [1.29, 1.82) is 0 Å². The first-order chi connectivity index (χ1) is 18.8. The van der Waals surface area contributed by atoms with E-state index in [1.165, 1.54) is 35.9 Å². The topological polar surface area (TPSA) is 142 Å². The Kier molecular flexibility index (Phi) is 8.78. The van der Waals surface area contributed by atoms with Crippen LogP contribution < -0.4 is 15.8 Å². The van der Waals surface area contributed by atoms with E-state index in [4.69, 9.17) is 15.6 Å². The molecule has 2 aliphatic rings. The summed E-state index contributed by atoms with van der Waals surface area (Å²) in [7, 11) is 0. The molecule has 0 aromatic heterocycles. The standard InChI is InChI=1S/C18H17N3O5.C11H13NO/c19-16(22)12-1-2-13(10-21-8-7-20-18(21)25)15(9-12)26-14-5-3-11(4-6-14)17(23)24;13-11-7-4-8-12(11)9-10-5-2-1-3-6-10/h1-6,9H,7-8,10H2,(H2,19,22)(H,20,25)(H,23,24);1-3,5-6H,4,7-9H2. The Balaban J connectivity index is 0.000000226. The molecule has 2 saturated heterocycles. The number of carbonyl (C=O) groups is 4. The van der Waals surface area contributed by atoms with Gasteiger partial charge in [-0.3, -0.25) is 9.59 Å². The second kappa shape index (κ2) is 12.6. The van der Waals surface area contributed by atoms with Crippen LogP contribution in [0.4, 0.5) is 4.79 Å². The Bertz CT molecular complexity index is 1340. The zero-order valence-electron chi connectivity index (χ0n) is 21.3. The van der Waals surface area contributed by atoms with Crippen LogP contribution in [0, 0.1) is 0 Å². The van der Waals surface area contributed by atoms with E-state index >= 15 is 0 Å². The molecule has 202 valence electrons. The van der Waals surface area contributed by atoms with Crippen molar-refractivity contribution in [3.63, 3.8) is 0 Å². The third kappa shape index (κ3) is 7.35. The van der Waals surface area contributed by atoms with E-state index < -0.39 is 11.9 Å². The number of urea groups is 1. The maximum Gasteiger partial charge on any atom is 0.335 e. The Morgan fingerprint density at radius 2 is 1.62 bits per heavy atom. The Labute approximate surface area is 226 Å². The monoisotopic (exact) mass is 530 g/mol. The van der Waals surface area contributed by atoms with Crippen LogP contribution in [0.5, 0.6) is 11.5 Å². The molecular formula is C29H30N4O6. The van der Waals surface area contributed by atoms with Gasteiger partial charge in [-0.25, -0.2) is 9.59 Å². The first-order valence-electron chi connectivity index (χ1n) is 12.6. The van der Waals surface area contributed by atoms with Gasteiger partial charge in [-0.05, 0) is 48.4 Å². The molecule has 3 aromatic carbocycles. The van der Waals surface area contributed by atoms with E-state index in [0.717, 1.165) is 25.9 Å². The number of carboxylic acids is 1. The summed E-state index contributed by atoms with van der Waals surface area (Å²) in [5.74, 6) is -0.550. The third-order valence-corrected chi connectivity index (χ3v) is 6.37. The molecular weight excluding hydrogens is 500 g/mol. The number of nitrogens with one attached hydrogen (secondary N) is 1. The van der Waals surface area contributed by atoms with Crippen LogP contribution in [0.15, 0.2) is 72.8 Å². The fraction of sp³-hybridized carbons (Fsp3) is 0.241. The molecule has 10 heteroatoms. The number of aromatic carboxylic acids is 1. The second-order valence-corrected chi connectivity index (χ2v) is 9.18. The number of benzene rings is 3. The summed E-state index contributed by atoms with van der Waals surface area (Å²) in [4.78, 5) is 49.0. The van der Waals surface area contributed by atoms with Crippen molar-refractivity contribution >= 4 is 23.8 Å². The van der Waals surface area contributed by atoms with Gasteiger partial charge >= 0.3 is 12.0 Å². The van der Waals surface area contributed by atoms with E-state index in [0.29, 0.717) is 42.6 Å². The highest BCUT2D eigenvalue weighted by molar-refractivity contribution is 5.93. The highest BCUT2D eigenvalue weighted by Gasteiger charge is 2.22. The lowest BCUT2D eigenvalue weighted by atomic mass is 10.1. The van der Waals surface area contributed by atoms with Crippen LogP contribution in [0.3, 0.4) is 0 Å². The van der Waals surface area contributed by atoms with E-state index in [2.05, 4.69) is 17.4 Å². The minimum absolute atomic E-state index is 0.136. The highest BCUT2D eigenvalue weighted by Crippen LogP contribution is 2.28. The predicted octanol–water partition coefficient (Wildman–Crippen LogP) is 3.61. The maximum atomic E-state index is 11.8. The molecule has 10 nitrogen and oxygen atoms in total. The fourth-order valence-electron chi connectivity index (χ4n) is 4.27. The van der Waals surface area contributed by atoms with Gasteiger partial charge < -0.3 is 30.7 Å². The Morgan fingerprint density at radius 3 is 2.21 bits per heavy atom. The summed E-state index contributed by atoms with van der Waals surface area (Å²) in [5, 5.41) is 11.7. The normalized spacial score (nSPS) is 14.5. The lowest BCUT2D eigenvalue weighted by molar-refractivity contribution is -0.128. The van der Waals surface area contributed by atoms with Gasteiger partial charge in [0, 0.05) is 43.7 Å². The number of primary amides is 1. The minimum atomic E-state index is -1.03. The predicted molar refractivity (Wildman–Crippen MR) is 143 cm³/mol. The number of ether oxygens (including phenoxy) is 1. The number of likely N-dealkylation sites (tertiary alicyclic amines) is 1. The van der Waals surface area contributed by atoms with Crippen LogP contribution in [0.1, 0.15) is 44.7 Å². The molecule has 0 unspecified atom stereocenters. The van der Waals surface area contributed by atoms with E-state index in [1.54, 1.807) is 17.0 Å². The van der Waals surface area contributed by atoms with Crippen LogP contribution in [-0.2, 0) is 17.9 Å². The van der Waals surface area contributed by atoms with Crippen molar-refractivity contribution in [1.82, 2.24) is 15.1 Å². The van der Waals surface area contributed by atoms with Gasteiger partial charge in [0.05, 0.1) is 12.1 Å². The molecule has 2 fully saturated rings. The van der Waals surface area contributed by atoms with Crippen molar-refractivity contribution < 1.29 is 29.0 Å². The van der Waals surface area contributed by atoms with E-state index in [1.807, 2.05) is 23.1 Å². The fourth-order valence-corrected chi connectivity index (χ4v) is 4.27. The summed E-state index contributed by atoms with van der Waals surface area (Å²) in [6.45, 7) is 3.16. The van der Waals surface area contributed by atoms with Crippen molar-refractivity contribution in [3.8, 4) is 11.5 Å². The number of nitrogens with two attached hydrogens (primary N) is 1. The highest BCUT2D eigenvalue weighted by atomic mass is 16.5. The molecule has 2 heterocycles. The lowest BCUT2D eigenvalue weighted by Gasteiger charge is -2.18. The quantitative estimate of drug-likeness (QED) is 0.406. The third-order valence-electron chi connectivity index (χ3n) is 6.37. The number of carboxylic acid groups (broad SMARTS) is 1. The van der Waals surface area contributed by atoms with Crippen molar-refractivity contribution in [2.45, 2.75) is 25.9 Å². The molecule has 4 N–H and O–H groups in total. The van der Waals surface area contributed by atoms with Gasteiger partial charge in [0.25, 0.3) is 0 Å². The van der Waals surface area contributed by atoms with Gasteiger partial charge in [0.15, 0.2) is 0 Å². The molecule has 2 aliphatic heterocycles. The average Bonchev–Trinajstić information content (AvgIpc) is 3.53. The molecule has 0 radical (unpaired) electrons. The lowest BCUT2D eigenvalue weighted by Crippen LogP contribution is -2.27. The van der Waals surface area contributed by atoms with E-state index in [-0.39, 0.29) is 17.2 Å². The molecule has 0 atom stereocenters. The zero-order chi connectivity index (χ0) is 27.8. The summed E-state index contributed by atoms with van der Waals surface area (Å²) >= 11 is 0. The summed E-state index contributed by atoms with van der Waals surface area (Å²) in [6.07, 6.45) is 1.75. The van der Waals surface area contributed by atoms with Crippen LogP contribution in [0.2, 0.25) is 0 Å². The zero-order valence-corrected chi connectivity index (χ0v) is 21.3. The largest absolute Gasteiger partial charge is 0.478 e. The van der Waals surface area contributed by atoms with Crippen LogP contribution in [-0.4, -0.2) is 58.4 Å². The molecule has 0 saturated carbocycles. The molecule has 0 aliphatic carbocycles. The summed E-state index contributed by atoms with van der Waals surface area (Å²) < 4.78 is 5.82. The van der Waals surface area contributed by atoms with Gasteiger partial charge in [0.2, 0.25) is 11.8 Å². The van der Waals surface area contributed by atoms with Gasteiger partial charge in [0.1, 0.15) is 11.5 Å². The SMILES string of the molecule is NC(=O)c1ccc(CN2CCNC2=O)c(Oc2ccc(C(=O)O)cc2)c1.O=C1CCCN1Cc1ccccc1. The minimum Gasteiger partial charge on any atom is -0.478 e. The molecule has 4 amide bonds. The van der Waals surface area contributed by atoms with Gasteiger partial charge in [-0.15, -0.1) is 0 Å². The van der Waals surface area contributed by atoms with E-state index in [9.17, 15) is 19.2 Å². The Morgan fingerprint density at radius 1 is 0.897 bits per heavy atom. The first-order valence-corrected chi connectivity index (χ1v) is 12.6. The molecule has 0 spiro atoms. The van der Waals surface area contributed by atoms with Gasteiger partial charge in [-0.1, -0.05) is 36.4 Å². The number of nitrogens with zero attached hydrogens (tertiary/aromatic N) is 2. The maximum absolute atomic E-state index is 11.8. The molecule has 3 aromatic rings. The average molecular weight is 531 g/mol. The van der Waals surface area contributed by atoms with Crippen LogP contribution >= 0.6 is 0 Å². The first kappa shape index (κ1) is 27.2. The summed E-state index contributed by atoms with van der Waals surface area (Å²) in [6, 6.07) is 20.6. The molecule has 39 heavy (non-hydrogen) atoms. The summed E-state index contributed by atoms with van der Waals surface area (Å²) in [5.41, 5.74) is 7.66. The number of hydrogen-bond acceptors (Lipinski definition) is 5. The number of hydrogen-bond donors (Lipinski definition) is 3. The second-order valence-electron chi connectivity index (χ2n) is 9.18. The van der Waals surface area contributed by atoms with Gasteiger partial charge in [-0.2, -0.15) is 0 Å².